The molecule has 0 amide bonds. The normalized spacial score (nSPS) is 13.3. The average Bonchev–Trinajstić information content (AvgIpc) is 2.34. The Hall–Kier alpha value is -0.620. The Morgan fingerprint density at radius 1 is 1.24 bits per heavy atom. The molecule has 21 heavy (non-hydrogen) atoms. The van der Waals surface area contributed by atoms with Gasteiger partial charge < -0.3 is 5.73 Å². The molecule has 1 unspecified atom stereocenters. The van der Waals surface area contributed by atoms with Crippen LogP contribution in [0.15, 0.2) is 23.1 Å². The Morgan fingerprint density at radius 2 is 1.81 bits per heavy atom. The summed E-state index contributed by atoms with van der Waals surface area (Å²) in [5.41, 5.74) is 7.82. The predicted molar refractivity (Wildman–Crippen MR) is 90.4 cm³/mol. The van der Waals surface area contributed by atoms with Gasteiger partial charge in [-0.05, 0) is 37.8 Å². The summed E-state index contributed by atoms with van der Waals surface area (Å²) < 4.78 is 26.5. The summed E-state index contributed by atoms with van der Waals surface area (Å²) >= 11 is 0. The topological polar surface area (TPSA) is 63.4 Å². The molecular formula is C15H27ClN2O2S. The van der Waals surface area contributed by atoms with E-state index in [9.17, 15) is 8.42 Å². The molecule has 0 fully saturated rings. The molecule has 1 aromatic rings. The molecule has 0 spiro atoms. The molecule has 1 aromatic carbocycles. The van der Waals surface area contributed by atoms with Crippen LogP contribution in [-0.2, 0) is 10.0 Å². The highest BCUT2D eigenvalue weighted by Crippen LogP contribution is 2.20. The van der Waals surface area contributed by atoms with E-state index in [1.54, 1.807) is 13.1 Å². The molecule has 122 valence electrons. The Morgan fingerprint density at radius 3 is 2.29 bits per heavy atom. The third kappa shape index (κ3) is 5.25. The van der Waals surface area contributed by atoms with Crippen LogP contribution in [0.3, 0.4) is 0 Å². The SMILES string of the molecule is Cc1ccc(S(=O)(=O)N(C)CCC(N)C(C)C)c(C)c1.Cl. The quantitative estimate of drug-likeness (QED) is 0.870. The van der Waals surface area contributed by atoms with Crippen LogP contribution in [0.25, 0.3) is 0 Å². The van der Waals surface area contributed by atoms with E-state index in [0.717, 1.165) is 11.1 Å². The number of hydrogen-bond acceptors (Lipinski definition) is 3. The van der Waals surface area contributed by atoms with Gasteiger partial charge in [0.25, 0.3) is 0 Å². The Balaban J connectivity index is 0.00000400. The molecule has 0 saturated heterocycles. The van der Waals surface area contributed by atoms with Crippen LogP contribution < -0.4 is 5.73 Å². The second-order valence-electron chi connectivity index (χ2n) is 5.79. The van der Waals surface area contributed by atoms with Crippen molar-refractivity contribution in [3.8, 4) is 0 Å². The van der Waals surface area contributed by atoms with Crippen molar-refractivity contribution >= 4 is 22.4 Å². The molecule has 0 bridgehead atoms. The maximum atomic E-state index is 12.5. The average molecular weight is 335 g/mol. The largest absolute Gasteiger partial charge is 0.327 e. The van der Waals surface area contributed by atoms with Crippen LogP contribution in [-0.4, -0.2) is 32.4 Å². The fraction of sp³-hybridized carbons (Fsp3) is 0.600. The zero-order chi connectivity index (χ0) is 15.5. The molecular weight excluding hydrogens is 308 g/mol. The molecule has 0 radical (unpaired) electrons. The number of hydrogen-bond donors (Lipinski definition) is 1. The molecule has 1 atom stereocenters. The van der Waals surface area contributed by atoms with E-state index in [0.29, 0.717) is 23.8 Å². The van der Waals surface area contributed by atoms with Crippen LogP contribution in [0.2, 0.25) is 0 Å². The van der Waals surface area contributed by atoms with Gasteiger partial charge in [-0.2, -0.15) is 0 Å². The minimum Gasteiger partial charge on any atom is -0.327 e. The van der Waals surface area contributed by atoms with Crippen molar-refractivity contribution in [3.05, 3.63) is 29.3 Å². The van der Waals surface area contributed by atoms with Gasteiger partial charge in [0.05, 0.1) is 4.90 Å². The zero-order valence-electron chi connectivity index (χ0n) is 13.5. The van der Waals surface area contributed by atoms with Crippen LogP contribution in [0.4, 0.5) is 0 Å². The highest BCUT2D eigenvalue weighted by atomic mass is 35.5. The third-order valence-electron chi connectivity index (χ3n) is 3.65. The molecule has 0 aliphatic rings. The molecule has 0 aliphatic carbocycles. The lowest BCUT2D eigenvalue weighted by Gasteiger charge is -2.22. The van der Waals surface area contributed by atoms with E-state index in [1.165, 1.54) is 4.31 Å². The van der Waals surface area contributed by atoms with Crippen molar-refractivity contribution in [1.29, 1.82) is 0 Å². The van der Waals surface area contributed by atoms with Gasteiger partial charge in [0.1, 0.15) is 0 Å². The second kappa shape index (κ2) is 8.13. The summed E-state index contributed by atoms with van der Waals surface area (Å²) in [5.74, 6) is 0.354. The van der Waals surface area contributed by atoms with E-state index >= 15 is 0 Å². The first kappa shape index (κ1) is 20.4. The van der Waals surface area contributed by atoms with Gasteiger partial charge in [-0.15, -0.1) is 12.4 Å². The Bertz CT molecular complexity index is 559. The summed E-state index contributed by atoms with van der Waals surface area (Å²) in [6.07, 6.45) is 0.665. The lowest BCUT2D eigenvalue weighted by molar-refractivity contribution is 0.397. The first-order valence-corrected chi connectivity index (χ1v) is 8.39. The fourth-order valence-corrected chi connectivity index (χ4v) is 3.43. The summed E-state index contributed by atoms with van der Waals surface area (Å²) in [4.78, 5) is 0.378. The minimum atomic E-state index is -3.43. The van der Waals surface area contributed by atoms with Crippen molar-refractivity contribution in [3.63, 3.8) is 0 Å². The first-order valence-electron chi connectivity index (χ1n) is 6.95. The smallest absolute Gasteiger partial charge is 0.243 e. The summed E-state index contributed by atoms with van der Waals surface area (Å²) in [5, 5.41) is 0. The van der Waals surface area contributed by atoms with E-state index in [2.05, 4.69) is 0 Å². The summed E-state index contributed by atoms with van der Waals surface area (Å²) in [6.45, 7) is 8.31. The Kier molecular flexibility index (Phi) is 7.89. The monoisotopic (exact) mass is 334 g/mol. The number of aryl methyl sites for hydroxylation is 2. The summed E-state index contributed by atoms with van der Waals surface area (Å²) in [7, 11) is -1.82. The number of nitrogens with two attached hydrogens (primary N) is 1. The van der Waals surface area contributed by atoms with Gasteiger partial charge >= 0.3 is 0 Å². The van der Waals surface area contributed by atoms with Crippen molar-refractivity contribution in [2.75, 3.05) is 13.6 Å². The number of nitrogens with zero attached hydrogens (tertiary/aromatic N) is 1. The molecule has 6 heteroatoms. The molecule has 2 N–H and O–H groups in total. The molecule has 0 aromatic heterocycles. The van der Waals surface area contributed by atoms with Crippen molar-refractivity contribution in [2.45, 2.75) is 45.1 Å². The van der Waals surface area contributed by atoms with Crippen LogP contribution >= 0.6 is 12.4 Å². The van der Waals surface area contributed by atoms with Gasteiger partial charge in [0.2, 0.25) is 10.0 Å². The van der Waals surface area contributed by atoms with Crippen molar-refractivity contribution in [2.24, 2.45) is 11.7 Å². The standard InChI is InChI=1S/C15H26N2O2S.ClH/c1-11(2)14(16)8-9-17(5)20(18,19)15-7-6-12(3)10-13(15)4;/h6-7,10-11,14H,8-9,16H2,1-5H3;1H. The third-order valence-corrected chi connectivity index (χ3v) is 5.67. The number of halogens is 1. The van der Waals surface area contributed by atoms with Gasteiger partial charge in [0.15, 0.2) is 0 Å². The minimum absolute atomic E-state index is 0. The van der Waals surface area contributed by atoms with E-state index in [-0.39, 0.29) is 18.4 Å². The number of rotatable bonds is 6. The number of sulfonamides is 1. The maximum Gasteiger partial charge on any atom is 0.243 e. The van der Waals surface area contributed by atoms with Gasteiger partial charge in [0, 0.05) is 19.6 Å². The van der Waals surface area contributed by atoms with Gasteiger partial charge in [-0.1, -0.05) is 31.5 Å². The second-order valence-corrected chi connectivity index (χ2v) is 7.81. The van der Waals surface area contributed by atoms with Crippen LogP contribution in [0, 0.1) is 19.8 Å². The number of benzene rings is 1. The lowest BCUT2D eigenvalue weighted by Crippen LogP contribution is -2.34. The highest BCUT2D eigenvalue weighted by molar-refractivity contribution is 7.89. The molecule has 0 aliphatic heterocycles. The predicted octanol–water partition coefficient (Wildman–Crippen LogP) is 2.72. The van der Waals surface area contributed by atoms with E-state index < -0.39 is 10.0 Å². The first-order chi connectivity index (χ1) is 9.16. The van der Waals surface area contributed by atoms with Crippen molar-refractivity contribution in [1.82, 2.24) is 4.31 Å². The molecule has 0 saturated carbocycles. The fourth-order valence-electron chi connectivity index (χ4n) is 2.04. The lowest BCUT2D eigenvalue weighted by atomic mass is 10.0. The zero-order valence-corrected chi connectivity index (χ0v) is 15.1. The van der Waals surface area contributed by atoms with E-state index in [4.69, 9.17) is 5.73 Å². The van der Waals surface area contributed by atoms with Gasteiger partial charge in [-0.3, -0.25) is 0 Å². The van der Waals surface area contributed by atoms with Crippen LogP contribution in [0.1, 0.15) is 31.4 Å². The molecule has 4 nitrogen and oxygen atoms in total. The molecule has 1 rings (SSSR count). The maximum absolute atomic E-state index is 12.5. The summed E-state index contributed by atoms with van der Waals surface area (Å²) in [6, 6.07) is 5.42. The molecule has 0 heterocycles. The van der Waals surface area contributed by atoms with Crippen molar-refractivity contribution < 1.29 is 8.42 Å². The Labute approximate surface area is 135 Å². The van der Waals surface area contributed by atoms with E-state index in [1.807, 2.05) is 39.8 Å². The van der Waals surface area contributed by atoms with Gasteiger partial charge in [-0.25, -0.2) is 12.7 Å². The van der Waals surface area contributed by atoms with Crippen LogP contribution in [0.5, 0.6) is 0 Å². The highest BCUT2D eigenvalue weighted by Gasteiger charge is 2.23.